The third kappa shape index (κ3) is 3.14. The molecule has 0 aliphatic carbocycles. The number of hydrogen-bond acceptors (Lipinski definition) is 2. The first-order valence-corrected chi connectivity index (χ1v) is 5.31. The molecule has 0 aromatic rings. The van der Waals surface area contributed by atoms with Crippen molar-refractivity contribution < 1.29 is 9.53 Å². The highest BCUT2D eigenvalue weighted by atomic mass is 16.5. The molecule has 0 radical (unpaired) electrons. The van der Waals surface area contributed by atoms with E-state index in [1.165, 1.54) is 0 Å². The lowest BCUT2D eigenvalue weighted by Gasteiger charge is -2.23. The molecule has 1 aliphatic heterocycles. The van der Waals surface area contributed by atoms with Gasteiger partial charge in [-0.2, -0.15) is 0 Å². The van der Waals surface area contributed by atoms with E-state index in [4.69, 9.17) is 4.74 Å². The Morgan fingerprint density at radius 1 is 1.50 bits per heavy atom. The van der Waals surface area contributed by atoms with Crippen LogP contribution < -0.4 is 5.32 Å². The van der Waals surface area contributed by atoms with Crippen molar-refractivity contribution in [2.75, 3.05) is 13.2 Å². The summed E-state index contributed by atoms with van der Waals surface area (Å²) in [6, 6.07) is 0.303. The van der Waals surface area contributed by atoms with Crippen molar-refractivity contribution >= 4 is 5.91 Å². The van der Waals surface area contributed by atoms with E-state index in [0.29, 0.717) is 6.04 Å². The van der Waals surface area contributed by atoms with Crippen LogP contribution in [0.25, 0.3) is 0 Å². The lowest BCUT2D eigenvalue weighted by atomic mass is 10.1. The van der Waals surface area contributed by atoms with Crippen molar-refractivity contribution in [2.24, 2.45) is 0 Å². The maximum Gasteiger partial charge on any atom is 0.247 e. The summed E-state index contributed by atoms with van der Waals surface area (Å²) < 4.78 is 5.23. The Balaban J connectivity index is 2.38. The number of nitrogens with one attached hydrogen (secondary N) is 1. The maximum atomic E-state index is 11.7. The van der Waals surface area contributed by atoms with Crippen molar-refractivity contribution in [3.8, 4) is 0 Å². The van der Waals surface area contributed by atoms with Crippen LogP contribution in [0.3, 0.4) is 0 Å². The minimum Gasteiger partial charge on any atom is -0.381 e. The maximum absolute atomic E-state index is 11.7. The fourth-order valence-corrected chi connectivity index (χ4v) is 1.62. The lowest BCUT2D eigenvalue weighted by Crippen LogP contribution is -2.39. The van der Waals surface area contributed by atoms with E-state index in [1.54, 1.807) is 0 Å². The van der Waals surface area contributed by atoms with Crippen LogP contribution >= 0.6 is 0 Å². The fourth-order valence-electron chi connectivity index (χ4n) is 1.62. The lowest BCUT2D eigenvalue weighted by molar-refractivity contribution is -0.118. The van der Waals surface area contributed by atoms with E-state index in [9.17, 15) is 4.79 Å². The fraction of sp³-hybridized carbons (Fsp3) is 0.727. The van der Waals surface area contributed by atoms with Crippen LogP contribution in [0.5, 0.6) is 0 Å². The van der Waals surface area contributed by atoms with Crippen molar-refractivity contribution in [1.29, 1.82) is 0 Å². The van der Waals surface area contributed by atoms with Gasteiger partial charge in [0.05, 0.1) is 0 Å². The summed E-state index contributed by atoms with van der Waals surface area (Å²) in [5.74, 6) is 0.0851. The minimum atomic E-state index is 0.0851. The molecule has 0 unspecified atom stereocenters. The quantitative estimate of drug-likeness (QED) is 0.698. The van der Waals surface area contributed by atoms with Gasteiger partial charge >= 0.3 is 0 Å². The van der Waals surface area contributed by atoms with Gasteiger partial charge in [0.15, 0.2) is 0 Å². The van der Waals surface area contributed by atoms with Gasteiger partial charge in [-0.15, -0.1) is 0 Å². The molecule has 1 saturated heterocycles. The first kappa shape index (κ1) is 11.2. The Morgan fingerprint density at radius 3 is 2.64 bits per heavy atom. The zero-order valence-electron chi connectivity index (χ0n) is 9.01. The molecule has 0 aromatic carbocycles. The van der Waals surface area contributed by atoms with E-state index in [-0.39, 0.29) is 5.91 Å². The van der Waals surface area contributed by atoms with Gasteiger partial charge in [0.1, 0.15) is 0 Å². The minimum absolute atomic E-state index is 0.0851. The van der Waals surface area contributed by atoms with Gasteiger partial charge in [0, 0.05) is 24.8 Å². The normalized spacial score (nSPS) is 19.4. The van der Waals surface area contributed by atoms with Crippen molar-refractivity contribution in [1.82, 2.24) is 5.32 Å². The Kier molecular flexibility index (Phi) is 4.66. The van der Waals surface area contributed by atoms with Gasteiger partial charge in [0.25, 0.3) is 0 Å². The number of rotatable bonds is 3. The number of ether oxygens (including phenoxy) is 1. The Labute approximate surface area is 85.5 Å². The van der Waals surface area contributed by atoms with Crippen molar-refractivity contribution in [3.63, 3.8) is 0 Å². The van der Waals surface area contributed by atoms with E-state index < -0.39 is 0 Å². The van der Waals surface area contributed by atoms with Crippen LogP contribution in [0.1, 0.15) is 33.1 Å². The third-order valence-electron chi connectivity index (χ3n) is 2.58. The molecule has 0 atom stereocenters. The number of carbonyl (C=O) groups is 1. The van der Waals surface area contributed by atoms with Crippen LogP contribution in [-0.4, -0.2) is 25.2 Å². The zero-order chi connectivity index (χ0) is 10.4. The van der Waals surface area contributed by atoms with Crippen LogP contribution in [-0.2, 0) is 9.53 Å². The number of amides is 1. The smallest absolute Gasteiger partial charge is 0.247 e. The largest absolute Gasteiger partial charge is 0.381 e. The molecule has 1 aliphatic rings. The molecule has 1 fully saturated rings. The Hall–Kier alpha value is -0.830. The van der Waals surface area contributed by atoms with E-state index >= 15 is 0 Å². The summed E-state index contributed by atoms with van der Waals surface area (Å²) in [6.07, 6.45) is 4.55. The first-order chi connectivity index (χ1) is 6.77. The predicted molar refractivity (Wildman–Crippen MR) is 56.0 cm³/mol. The topological polar surface area (TPSA) is 38.3 Å². The van der Waals surface area contributed by atoms with Gasteiger partial charge in [-0.3, -0.25) is 4.79 Å². The highest BCUT2D eigenvalue weighted by molar-refractivity contribution is 5.93. The molecule has 14 heavy (non-hydrogen) atoms. The predicted octanol–water partition coefficient (Wildman–Crippen LogP) is 1.64. The summed E-state index contributed by atoms with van der Waals surface area (Å²) in [5, 5.41) is 3.03. The van der Waals surface area contributed by atoms with Crippen LogP contribution in [0.4, 0.5) is 0 Å². The summed E-state index contributed by atoms with van der Waals surface area (Å²) in [6.45, 7) is 5.44. The van der Waals surface area contributed by atoms with E-state index in [2.05, 4.69) is 5.32 Å². The molecule has 0 aromatic heterocycles. The second kappa shape index (κ2) is 5.81. The molecule has 0 bridgehead atoms. The highest BCUT2D eigenvalue weighted by Gasteiger charge is 2.16. The Morgan fingerprint density at radius 2 is 2.14 bits per heavy atom. The number of allylic oxidation sites excluding steroid dienone is 1. The van der Waals surface area contributed by atoms with E-state index in [0.717, 1.165) is 38.0 Å². The average molecular weight is 197 g/mol. The van der Waals surface area contributed by atoms with Gasteiger partial charge in [-0.05, 0) is 26.2 Å². The van der Waals surface area contributed by atoms with Crippen LogP contribution in [0, 0.1) is 0 Å². The number of carbonyl (C=O) groups excluding carboxylic acids is 1. The summed E-state index contributed by atoms with van der Waals surface area (Å²) in [7, 11) is 0. The molecule has 0 saturated carbocycles. The Bertz CT molecular complexity index is 217. The molecule has 3 heteroatoms. The summed E-state index contributed by atoms with van der Waals surface area (Å²) in [4.78, 5) is 11.7. The molecule has 1 heterocycles. The highest BCUT2D eigenvalue weighted by Crippen LogP contribution is 2.08. The van der Waals surface area contributed by atoms with Gasteiger partial charge in [0.2, 0.25) is 5.91 Å². The molecule has 0 spiro atoms. The molecule has 1 N–H and O–H groups in total. The van der Waals surface area contributed by atoms with E-state index in [1.807, 2.05) is 19.9 Å². The molecule has 80 valence electrons. The van der Waals surface area contributed by atoms with Crippen molar-refractivity contribution in [3.05, 3.63) is 11.6 Å². The van der Waals surface area contributed by atoms with Crippen molar-refractivity contribution in [2.45, 2.75) is 39.2 Å². The molecule has 3 nitrogen and oxygen atoms in total. The van der Waals surface area contributed by atoms with Gasteiger partial charge < -0.3 is 10.1 Å². The molecule has 1 rings (SSSR count). The standard InChI is InChI=1S/C11H19NO2/c1-3-9(4-2)11(13)12-10-5-7-14-8-6-10/h3,10H,4-8H2,1-2H3,(H,12,13). The van der Waals surface area contributed by atoms with Crippen LogP contribution in [0.15, 0.2) is 11.6 Å². The van der Waals surface area contributed by atoms with Gasteiger partial charge in [-0.1, -0.05) is 13.0 Å². The summed E-state index contributed by atoms with van der Waals surface area (Å²) >= 11 is 0. The average Bonchev–Trinajstić information content (AvgIpc) is 2.21. The zero-order valence-corrected chi connectivity index (χ0v) is 9.01. The molecular weight excluding hydrogens is 178 g/mol. The van der Waals surface area contributed by atoms with Gasteiger partial charge in [-0.25, -0.2) is 0 Å². The molecule has 1 amide bonds. The monoisotopic (exact) mass is 197 g/mol. The SMILES string of the molecule is CC=C(CC)C(=O)NC1CCOCC1. The molecular formula is C11H19NO2. The first-order valence-electron chi connectivity index (χ1n) is 5.31. The summed E-state index contributed by atoms with van der Waals surface area (Å²) in [5.41, 5.74) is 0.872. The number of hydrogen-bond donors (Lipinski definition) is 1. The second-order valence-electron chi connectivity index (χ2n) is 3.53. The van der Waals surface area contributed by atoms with Crippen LogP contribution in [0.2, 0.25) is 0 Å². The third-order valence-corrected chi connectivity index (χ3v) is 2.58. The second-order valence-corrected chi connectivity index (χ2v) is 3.53.